The average molecular weight is 301 g/mol. The fourth-order valence-electron chi connectivity index (χ4n) is 2.05. The van der Waals surface area contributed by atoms with Crippen molar-refractivity contribution in [3.8, 4) is 0 Å². The van der Waals surface area contributed by atoms with Crippen molar-refractivity contribution >= 4 is 17.9 Å². The molecule has 1 aliphatic heterocycles. The van der Waals surface area contributed by atoms with Crippen LogP contribution in [0.5, 0.6) is 0 Å². The molecular weight excluding hydrogens is 278 g/mol. The molecule has 0 radical (unpaired) electrons. The summed E-state index contributed by atoms with van der Waals surface area (Å²) in [6, 6.07) is -0.928. The van der Waals surface area contributed by atoms with Crippen LogP contribution in [-0.4, -0.2) is 66.8 Å². The zero-order valence-electron chi connectivity index (χ0n) is 12.3. The van der Waals surface area contributed by atoms with Crippen molar-refractivity contribution in [1.29, 1.82) is 0 Å². The number of ether oxygens (including phenoxy) is 1. The highest BCUT2D eigenvalue weighted by Gasteiger charge is 2.32. The standard InChI is InChI=1S/C13H23N3O5/c1-2-14-12(19)10-9-21-8-7-16(10)13(20)15-6-4-3-5-11(17)18/h10H,2-9H2,1H3,(H,14,19)(H,15,20)(H,17,18). The predicted octanol–water partition coefficient (Wildman–Crippen LogP) is -0.212. The molecule has 1 unspecified atom stereocenters. The van der Waals surface area contributed by atoms with Gasteiger partial charge in [0.05, 0.1) is 13.2 Å². The van der Waals surface area contributed by atoms with Crippen LogP contribution in [0.4, 0.5) is 4.79 Å². The second-order valence-electron chi connectivity index (χ2n) is 4.76. The van der Waals surface area contributed by atoms with Crippen LogP contribution in [0.2, 0.25) is 0 Å². The molecule has 1 fully saturated rings. The van der Waals surface area contributed by atoms with Crippen LogP contribution in [0.1, 0.15) is 26.2 Å². The third-order valence-electron chi connectivity index (χ3n) is 3.14. The first-order chi connectivity index (χ1) is 10.1. The highest BCUT2D eigenvalue weighted by atomic mass is 16.5. The molecule has 0 aromatic carbocycles. The minimum atomic E-state index is -0.842. The van der Waals surface area contributed by atoms with Gasteiger partial charge in [0.25, 0.3) is 0 Å². The van der Waals surface area contributed by atoms with Gasteiger partial charge in [0.2, 0.25) is 5.91 Å². The number of amides is 3. The largest absolute Gasteiger partial charge is 0.481 e. The van der Waals surface area contributed by atoms with Crippen LogP contribution in [0, 0.1) is 0 Å². The Morgan fingerprint density at radius 3 is 2.71 bits per heavy atom. The minimum Gasteiger partial charge on any atom is -0.481 e. The zero-order chi connectivity index (χ0) is 15.7. The normalized spacial score (nSPS) is 18.1. The molecular formula is C13H23N3O5. The number of carboxylic acid groups (broad SMARTS) is 1. The summed E-state index contributed by atoms with van der Waals surface area (Å²) in [7, 11) is 0. The van der Waals surface area contributed by atoms with Crippen molar-refractivity contribution in [3.63, 3.8) is 0 Å². The molecule has 8 heteroatoms. The predicted molar refractivity (Wildman–Crippen MR) is 74.9 cm³/mol. The number of rotatable bonds is 7. The van der Waals surface area contributed by atoms with E-state index in [9.17, 15) is 14.4 Å². The fourth-order valence-corrected chi connectivity index (χ4v) is 2.05. The number of likely N-dealkylation sites (N-methyl/N-ethyl adjacent to an activating group) is 1. The van der Waals surface area contributed by atoms with Crippen LogP contribution < -0.4 is 10.6 Å². The summed E-state index contributed by atoms with van der Waals surface area (Å²) >= 11 is 0. The first kappa shape index (κ1) is 17.2. The lowest BCUT2D eigenvalue weighted by atomic mass is 10.2. The number of nitrogens with one attached hydrogen (secondary N) is 2. The SMILES string of the molecule is CCNC(=O)C1COCCN1C(=O)NCCCCC(=O)O. The molecule has 0 aromatic heterocycles. The van der Waals surface area contributed by atoms with Crippen molar-refractivity contribution in [2.45, 2.75) is 32.2 Å². The number of nitrogens with zero attached hydrogens (tertiary/aromatic N) is 1. The Morgan fingerprint density at radius 2 is 2.05 bits per heavy atom. The van der Waals surface area contributed by atoms with Crippen molar-refractivity contribution in [3.05, 3.63) is 0 Å². The molecule has 1 atom stereocenters. The van der Waals surface area contributed by atoms with Gasteiger partial charge in [-0.25, -0.2) is 4.79 Å². The summed E-state index contributed by atoms with van der Waals surface area (Å²) in [5.74, 6) is -1.07. The number of carbonyl (C=O) groups excluding carboxylic acids is 2. The van der Waals surface area contributed by atoms with Gasteiger partial charge in [0.1, 0.15) is 6.04 Å². The summed E-state index contributed by atoms with van der Waals surface area (Å²) in [6.45, 7) is 3.67. The van der Waals surface area contributed by atoms with Crippen LogP contribution in [0.25, 0.3) is 0 Å². The van der Waals surface area contributed by atoms with E-state index in [1.807, 2.05) is 6.92 Å². The molecule has 0 spiro atoms. The number of hydrogen-bond donors (Lipinski definition) is 3. The molecule has 1 heterocycles. The summed E-state index contributed by atoms with van der Waals surface area (Å²) < 4.78 is 5.25. The molecule has 0 bridgehead atoms. The van der Waals surface area contributed by atoms with Gasteiger partial charge in [0, 0.05) is 26.1 Å². The molecule has 8 nitrogen and oxygen atoms in total. The molecule has 1 rings (SSSR count). The fraction of sp³-hybridized carbons (Fsp3) is 0.769. The van der Waals surface area contributed by atoms with Gasteiger partial charge in [0.15, 0.2) is 0 Å². The second kappa shape index (κ2) is 9.17. The topological polar surface area (TPSA) is 108 Å². The first-order valence-electron chi connectivity index (χ1n) is 7.18. The third kappa shape index (κ3) is 5.99. The summed E-state index contributed by atoms with van der Waals surface area (Å²) in [5, 5.41) is 13.9. The van der Waals surface area contributed by atoms with Gasteiger partial charge in [-0.2, -0.15) is 0 Å². The highest BCUT2D eigenvalue weighted by Crippen LogP contribution is 2.07. The van der Waals surface area contributed by atoms with Gasteiger partial charge >= 0.3 is 12.0 Å². The molecule has 0 aliphatic carbocycles. The van der Waals surface area contributed by atoms with E-state index in [1.165, 1.54) is 4.90 Å². The third-order valence-corrected chi connectivity index (χ3v) is 3.14. The van der Waals surface area contributed by atoms with Crippen molar-refractivity contribution in [2.75, 3.05) is 32.8 Å². The average Bonchev–Trinajstić information content (AvgIpc) is 2.46. The Morgan fingerprint density at radius 1 is 1.29 bits per heavy atom. The van der Waals surface area contributed by atoms with Crippen LogP contribution in [0.15, 0.2) is 0 Å². The Kier molecular flexibility index (Phi) is 7.52. The van der Waals surface area contributed by atoms with Crippen molar-refractivity contribution < 1.29 is 24.2 Å². The van der Waals surface area contributed by atoms with E-state index in [0.717, 1.165) is 0 Å². The summed E-state index contributed by atoms with van der Waals surface area (Å²) in [5.41, 5.74) is 0. The number of carboxylic acids is 1. The highest BCUT2D eigenvalue weighted by molar-refractivity contribution is 5.87. The number of carbonyl (C=O) groups is 3. The first-order valence-corrected chi connectivity index (χ1v) is 7.18. The van der Waals surface area contributed by atoms with E-state index in [2.05, 4.69) is 10.6 Å². The Hall–Kier alpha value is -1.83. The molecule has 120 valence electrons. The van der Waals surface area contributed by atoms with Gasteiger partial charge < -0.3 is 25.4 Å². The molecule has 0 aromatic rings. The van der Waals surface area contributed by atoms with Crippen LogP contribution in [-0.2, 0) is 14.3 Å². The summed E-state index contributed by atoms with van der Waals surface area (Å²) in [4.78, 5) is 35.8. The molecule has 3 amide bonds. The Balaban J connectivity index is 2.38. The number of hydrogen-bond acceptors (Lipinski definition) is 4. The number of unbranched alkanes of at least 4 members (excludes halogenated alkanes) is 1. The summed E-state index contributed by atoms with van der Waals surface area (Å²) in [6.07, 6.45) is 1.20. The van der Waals surface area contributed by atoms with Crippen molar-refractivity contribution in [2.24, 2.45) is 0 Å². The maximum Gasteiger partial charge on any atom is 0.318 e. The van der Waals surface area contributed by atoms with E-state index in [4.69, 9.17) is 9.84 Å². The van der Waals surface area contributed by atoms with Gasteiger partial charge in [-0.05, 0) is 19.8 Å². The number of urea groups is 1. The van der Waals surface area contributed by atoms with E-state index in [0.29, 0.717) is 39.1 Å². The molecule has 1 aliphatic rings. The van der Waals surface area contributed by atoms with Crippen LogP contribution >= 0.6 is 0 Å². The van der Waals surface area contributed by atoms with E-state index < -0.39 is 12.0 Å². The molecule has 1 saturated heterocycles. The Bertz CT molecular complexity index is 375. The molecule has 0 saturated carbocycles. The van der Waals surface area contributed by atoms with Gasteiger partial charge in [-0.1, -0.05) is 0 Å². The molecule has 21 heavy (non-hydrogen) atoms. The monoisotopic (exact) mass is 301 g/mol. The Labute approximate surface area is 123 Å². The van der Waals surface area contributed by atoms with Crippen molar-refractivity contribution in [1.82, 2.24) is 15.5 Å². The lowest BCUT2D eigenvalue weighted by Gasteiger charge is -2.34. The van der Waals surface area contributed by atoms with Gasteiger partial charge in [-0.15, -0.1) is 0 Å². The van der Waals surface area contributed by atoms with Crippen LogP contribution in [0.3, 0.4) is 0 Å². The van der Waals surface area contributed by atoms with Gasteiger partial charge in [-0.3, -0.25) is 9.59 Å². The van der Waals surface area contributed by atoms with E-state index in [-0.39, 0.29) is 25.0 Å². The lowest BCUT2D eigenvalue weighted by molar-refractivity contribution is -0.137. The van der Waals surface area contributed by atoms with E-state index in [1.54, 1.807) is 0 Å². The zero-order valence-corrected chi connectivity index (χ0v) is 12.3. The number of aliphatic carboxylic acids is 1. The smallest absolute Gasteiger partial charge is 0.318 e. The minimum absolute atomic E-state index is 0.0922. The number of morpholine rings is 1. The second-order valence-corrected chi connectivity index (χ2v) is 4.76. The maximum absolute atomic E-state index is 12.1. The quantitative estimate of drug-likeness (QED) is 0.564. The lowest BCUT2D eigenvalue weighted by Crippen LogP contribution is -2.58. The maximum atomic E-state index is 12.1. The molecule has 3 N–H and O–H groups in total. The van der Waals surface area contributed by atoms with E-state index >= 15 is 0 Å².